The lowest BCUT2D eigenvalue weighted by Gasteiger charge is -2.22. The molecule has 0 aliphatic heterocycles. The Morgan fingerprint density at radius 2 is 2.15 bits per heavy atom. The lowest BCUT2D eigenvalue weighted by molar-refractivity contribution is -0.130. The smallest absolute Gasteiger partial charge is 0.294 e. The summed E-state index contributed by atoms with van der Waals surface area (Å²) in [4.78, 5) is 30.9. The monoisotopic (exact) mass is 299 g/mol. The van der Waals surface area contributed by atoms with Gasteiger partial charge in [0.2, 0.25) is 5.91 Å². The molecule has 1 aromatic heterocycles. The van der Waals surface area contributed by atoms with Crippen molar-refractivity contribution in [2.45, 2.75) is 19.9 Å². The fourth-order valence-corrected chi connectivity index (χ4v) is 2.35. The van der Waals surface area contributed by atoms with Crippen molar-refractivity contribution in [1.29, 1.82) is 0 Å². The molecular weight excluding hydrogens is 278 g/mol. The van der Waals surface area contributed by atoms with Crippen molar-refractivity contribution in [3.63, 3.8) is 0 Å². The van der Waals surface area contributed by atoms with E-state index in [0.29, 0.717) is 18.1 Å². The summed E-state index contributed by atoms with van der Waals surface area (Å²) in [5.41, 5.74) is 2.83. The molecule has 7 nitrogen and oxygen atoms in total. The van der Waals surface area contributed by atoms with Gasteiger partial charge < -0.3 is 4.90 Å². The molecule has 0 aliphatic rings. The predicted molar refractivity (Wildman–Crippen MR) is 78.0 cm³/mol. The molecule has 0 saturated carbocycles. The van der Waals surface area contributed by atoms with Gasteiger partial charge in [-0.15, -0.1) is 11.3 Å². The third-order valence-electron chi connectivity index (χ3n) is 2.66. The number of nitrogen functional groups attached to an aromatic ring is 1. The second-order valence-corrected chi connectivity index (χ2v) is 5.47. The Morgan fingerprint density at radius 3 is 2.70 bits per heavy atom. The number of nitrogens with one attached hydrogen (secondary N) is 1. The van der Waals surface area contributed by atoms with Crippen LogP contribution in [-0.4, -0.2) is 53.8 Å². The maximum atomic E-state index is 11.8. The molecule has 0 atom stereocenters. The molecule has 112 valence electrons. The third kappa shape index (κ3) is 4.87. The Hall–Kier alpha value is -1.51. The number of carbonyl (C=O) groups excluding carboxylic acids is 2. The van der Waals surface area contributed by atoms with E-state index < -0.39 is 5.91 Å². The summed E-state index contributed by atoms with van der Waals surface area (Å²) in [6.45, 7) is 3.75. The number of hydrazine groups is 1. The SMILES string of the molecule is CCCN(CC(=O)N(C)C)Cc1csc(C(=O)NN)n1. The average molecular weight is 299 g/mol. The largest absolute Gasteiger partial charge is 0.348 e. The first-order valence-corrected chi connectivity index (χ1v) is 7.23. The van der Waals surface area contributed by atoms with Gasteiger partial charge in [-0.05, 0) is 13.0 Å². The molecule has 1 rings (SSSR count). The van der Waals surface area contributed by atoms with Gasteiger partial charge in [0.15, 0.2) is 5.01 Å². The van der Waals surface area contributed by atoms with E-state index in [1.165, 1.54) is 11.3 Å². The van der Waals surface area contributed by atoms with Gasteiger partial charge in [0.25, 0.3) is 5.91 Å². The van der Waals surface area contributed by atoms with Crippen LogP contribution >= 0.6 is 11.3 Å². The van der Waals surface area contributed by atoms with E-state index in [1.807, 2.05) is 10.3 Å². The molecule has 8 heteroatoms. The van der Waals surface area contributed by atoms with Crippen molar-refractivity contribution < 1.29 is 9.59 Å². The number of thiazole rings is 1. The van der Waals surface area contributed by atoms with Crippen LogP contribution in [0.3, 0.4) is 0 Å². The van der Waals surface area contributed by atoms with E-state index in [0.717, 1.165) is 18.7 Å². The standard InChI is InChI=1S/C12H21N5O2S/c1-4-5-17(7-10(18)16(2)3)6-9-8-20-12(14-9)11(19)15-13/h8H,4-7,13H2,1-3H3,(H,15,19). The van der Waals surface area contributed by atoms with E-state index in [2.05, 4.69) is 17.3 Å². The molecule has 0 aromatic carbocycles. The van der Waals surface area contributed by atoms with Crippen LogP contribution in [0.5, 0.6) is 0 Å². The first-order chi connectivity index (χ1) is 9.47. The Morgan fingerprint density at radius 1 is 1.45 bits per heavy atom. The van der Waals surface area contributed by atoms with E-state index >= 15 is 0 Å². The second-order valence-electron chi connectivity index (χ2n) is 4.62. The molecule has 1 heterocycles. The van der Waals surface area contributed by atoms with Crippen molar-refractivity contribution in [2.75, 3.05) is 27.2 Å². The van der Waals surface area contributed by atoms with Crippen LogP contribution < -0.4 is 11.3 Å². The van der Waals surface area contributed by atoms with Crippen molar-refractivity contribution >= 4 is 23.2 Å². The van der Waals surface area contributed by atoms with Gasteiger partial charge in [-0.2, -0.15) is 0 Å². The zero-order chi connectivity index (χ0) is 15.1. The Balaban J connectivity index is 2.67. The fourth-order valence-electron chi connectivity index (χ4n) is 1.64. The van der Waals surface area contributed by atoms with Crippen molar-refractivity contribution in [3.8, 4) is 0 Å². The molecule has 0 fully saturated rings. The summed E-state index contributed by atoms with van der Waals surface area (Å²) in [6, 6.07) is 0. The molecule has 0 aliphatic carbocycles. The lowest BCUT2D eigenvalue weighted by atomic mass is 10.3. The number of hydrogen-bond acceptors (Lipinski definition) is 6. The maximum absolute atomic E-state index is 11.8. The van der Waals surface area contributed by atoms with Crippen LogP contribution in [0.1, 0.15) is 28.8 Å². The number of likely N-dealkylation sites (N-methyl/N-ethyl adjacent to an activating group) is 1. The molecule has 0 saturated heterocycles. The summed E-state index contributed by atoms with van der Waals surface area (Å²) in [5, 5.41) is 2.14. The first-order valence-electron chi connectivity index (χ1n) is 6.35. The second kappa shape index (κ2) is 7.93. The van der Waals surface area contributed by atoms with Gasteiger partial charge in [0.05, 0.1) is 12.2 Å². The molecule has 0 radical (unpaired) electrons. The minimum absolute atomic E-state index is 0.0496. The van der Waals surface area contributed by atoms with Crippen molar-refractivity contribution in [2.24, 2.45) is 5.84 Å². The molecule has 0 unspecified atom stereocenters. The van der Waals surface area contributed by atoms with Crippen LogP contribution in [0.15, 0.2) is 5.38 Å². The van der Waals surface area contributed by atoms with Gasteiger partial charge in [-0.3, -0.25) is 19.9 Å². The molecular formula is C12H21N5O2S. The van der Waals surface area contributed by atoms with Crippen LogP contribution in [0.25, 0.3) is 0 Å². The van der Waals surface area contributed by atoms with Crippen LogP contribution in [0.2, 0.25) is 0 Å². The Bertz CT molecular complexity index is 460. The average Bonchev–Trinajstić information content (AvgIpc) is 2.86. The molecule has 0 spiro atoms. The van der Waals surface area contributed by atoms with E-state index in [-0.39, 0.29) is 5.91 Å². The van der Waals surface area contributed by atoms with E-state index in [1.54, 1.807) is 19.0 Å². The highest BCUT2D eigenvalue weighted by Crippen LogP contribution is 2.12. The number of carbonyl (C=O) groups is 2. The summed E-state index contributed by atoms with van der Waals surface area (Å²) >= 11 is 1.24. The zero-order valence-corrected chi connectivity index (χ0v) is 12.9. The van der Waals surface area contributed by atoms with Crippen LogP contribution in [0.4, 0.5) is 0 Å². The highest BCUT2D eigenvalue weighted by Gasteiger charge is 2.15. The summed E-state index contributed by atoms with van der Waals surface area (Å²) < 4.78 is 0. The number of nitrogens with two attached hydrogens (primary N) is 1. The van der Waals surface area contributed by atoms with Crippen LogP contribution in [-0.2, 0) is 11.3 Å². The molecule has 1 aromatic rings. The fraction of sp³-hybridized carbons (Fsp3) is 0.583. The number of aromatic nitrogens is 1. The molecule has 2 amide bonds. The minimum atomic E-state index is -0.396. The lowest BCUT2D eigenvalue weighted by Crippen LogP contribution is -2.36. The molecule has 3 N–H and O–H groups in total. The van der Waals surface area contributed by atoms with Crippen LogP contribution in [0, 0.1) is 0 Å². The molecule has 0 bridgehead atoms. The first kappa shape index (κ1) is 16.5. The zero-order valence-electron chi connectivity index (χ0n) is 12.0. The number of rotatable bonds is 7. The quantitative estimate of drug-likeness (QED) is 0.421. The minimum Gasteiger partial charge on any atom is -0.348 e. The summed E-state index contributed by atoms with van der Waals surface area (Å²) in [7, 11) is 3.47. The Labute approximate surface area is 122 Å². The predicted octanol–water partition coefficient (Wildman–Crippen LogP) is 0.0468. The Kier molecular flexibility index (Phi) is 6.56. The number of nitrogens with zero attached hydrogens (tertiary/aromatic N) is 3. The number of hydrogen-bond donors (Lipinski definition) is 2. The molecule has 20 heavy (non-hydrogen) atoms. The van der Waals surface area contributed by atoms with E-state index in [9.17, 15) is 9.59 Å². The maximum Gasteiger partial charge on any atom is 0.294 e. The summed E-state index contributed by atoms with van der Waals surface area (Å²) in [5.74, 6) is 4.72. The topological polar surface area (TPSA) is 91.6 Å². The van der Waals surface area contributed by atoms with Gasteiger partial charge in [-0.1, -0.05) is 6.92 Å². The van der Waals surface area contributed by atoms with Gasteiger partial charge in [0.1, 0.15) is 0 Å². The van der Waals surface area contributed by atoms with Gasteiger partial charge in [-0.25, -0.2) is 10.8 Å². The third-order valence-corrected chi connectivity index (χ3v) is 3.55. The number of amides is 2. The van der Waals surface area contributed by atoms with Crippen molar-refractivity contribution in [1.82, 2.24) is 20.2 Å². The summed E-state index contributed by atoms with van der Waals surface area (Å²) in [6.07, 6.45) is 0.945. The highest BCUT2D eigenvalue weighted by molar-refractivity contribution is 7.11. The van der Waals surface area contributed by atoms with E-state index in [4.69, 9.17) is 5.84 Å². The van der Waals surface area contributed by atoms with Gasteiger partial charge in [0, 0.05) is 26.0 Å². The highest BCUT2D eigenvalue weighted by atomic mass is 32.1. The van der Waals surface area contributed by atoms with Gasteiger partial charge >= 0.3 is 0 Å². The van der Waals surface area contributed by atoms with Crippen molar-refractivity contribution in [3.05, 3.63) is 16.1 Å². The normalized spacial score (nSPS) is 10.7.